The molecule has 0 saturated carbocycles. The summed E-state index contributed by atoms with van der Waals surface area (Å²) in [7, 11) is 0. The summed E-state index contributed by atoms with van der Waals surface area (Å²) in [4.78, 5) is 34.6. The molecule has 0 amide bonds. The van der Waals surface area contributed by atoms with Gasteiger partial charge in [-0.3, -0.25) is 14.4 Å². The predicted molar refractivity (Wildman–Crippen MR) is 101 cm³/mol. The molecule has 0 radical (unpaired) electrons. The van der Waals surface area contributed by atoms with E-state index < -0.39 is 28.1 Å². The number of ether oxygens (including phenoxy) is 2. The molecule has 9 heteroatoms. The summed E-state index contributed by atoms with van der Waals surface area (Å²) in [5, 5.41) is 9.31. The Morgan fingerprint density at radius 2 is 1.42 bits per heavy atom. The molecule has 1 unspecified atom stereocenters. The number of carboxylic acid groups (broad SMARTS) is 1. The van der Waals surface area contributed by atoms with Crippen molar-refractivity contribution in [2.75, 3.05) is 24.7 Å². The van der Waals surface area contributed by atoms with Crippen LogP contribution in [0.2, 0.25) is 0 Å². The predicted octanol–water partition coefficient (Wildman–Crippen LogP) is 2.27. The van der Waals surface area contributed by atoms with Crippen molar-refractivity contribution in [3.8, 4) is 0 Å². The lowest BCUT2D eigenvalue weighted by Crippen LogP contribution is -2.43. The molecule has 0 aliphatic heterocycles. The smallest absolute Gasteiger partial charge is 0.319 e. The van der Waals surface area contributed by atoms with Gasteiger partial charge >= 0.3 is 17.9 Å². The van der Waals surface area contributed by atoms with Crippen molar-refractivity contribution in [1.82, 2.24) is 0 Å². The van der Waals surface area contributed by atoms with Crippen LogP contribution >= 0.6 is 37.9 Å². The average molecular weight is 399 g/mol. The van der Waals surface area contributed by atoms with Crippen LogP contribution in [0.1, 0.15) is 39.5 Å². The minimum atomic E-state index is -1.35. The Balaban J connectivity index is 5.16. The number of hydrogen-bond acceptors (Lipinski definition) is 8. The molecule has 1 atom stereocenters. The van der Waals surface area contributed by atoms with Gasteiger partial charge in [-0.2, -0.15) is 37.9 Å². The number of carboxylic acids is 1. The monoisotopic (exact) mass is 398 g/mol. The third-order valence-corrected chi connectivity index (χ3v) is 4.44. The van der Waals surface area contributed by atoms with Crippen LogP contribution in [0.5, 0.6) is 0 Å². The molecular formula is C15H26O6S3. The van der Waals surface area contributed by atoms with Gasteiger partial charge in [-0.25, -0.2) is 0 Å². The molecule has 140 valence electrons. The van der Waals surface area contributed by atoms with E-state index >= 15 is 0 Å². The van der Waals surface area contributed by atoms with Crippen molar-refractivity contribution >= 4 is 55.8 Å². The Kier molecular flexibility index (Phi) is 10.9. The second-order valence-electron chi connectivity index (χ2n) is 5.88. The zero-order chi connectivity index (χ0) is 18.8. The van der Waals surface area contributed by atoms with Gasteiger partial charge in [-0.05, 0) is 19.8 Å². The van der Waals surface area contributed by atoms with E-state index in [2.05, 4.69) is 37.9 Å². The number of esters is 2. The molecular weight excluding hydrogens is 372 g/mol. The van der Waals surface area contributed by atoms with E-state index in [0.29, 0.717) is 17.9 Å². The van der Waals surface area contributed by atoms with E-state index in [4.69, 9.17) is 9.47 Å². The summed E-state index contributed by atoms with van der Waals surface area (Å²) in [5.74, 6) is -1.24. The quantitative estimate of drug-likeness (QED) is 0.298. The summed E-state index contributed by atoms with van der Waals surface area (Å²) in [5.41, 5.74) is -0.826. The molecule has 0 aromatic carbocycles. The summed E-state index contributed by atoms with van der Waals surface area (Å²) >= 11 is 12.1. The molecule has 0 rings (SSSR count). The molecule has 1 N–H and O–H groups in total. The standard InChI is InChI=1S/C15H26O6S3/c1-3-15(8-14(2,24)13(18)19,9-20-11(16)4-6-22)10-21-12(17)5-7-23/h22-24H,3-10H2,1-2H3,(H,18,19). The lowest BCUT2D eigenvalue weighted by atomic mass is 9.78. The van der Waals surface area contributed by atoms with Crippen LogP contribution in [0.4, 0.5) is 0 Å². The zero-order valence-electron chi connectivity index (χ0n) is 14.0. The Bertz CT molecular complexity index is 417. The van der Waals surface area contributed by atoms with Crippen molar-refractivity contribution in [2.45, 2.75) is 44.3 Å². The van der Waals surface area contributed by atoms with Crippen LogP contribution in [0.25, 0.3) is 0 Å². The molecule has 0 saturated heterocycles. The molecule has 0 aromatic rings. The lowest BCUT2D eigenvalue weighted by Gasteiger charge is -2.36. The SMILES string of the molecule is CCC(COC(=O)CCS)(COC(=O)CCS)CC(C)(S)C(=O)O. The van der Waals surface area contributed by atoms with Crippen molar-refractivity contribution in [3.05, 3.63) is 0 Å². The van der Waals surface area contributed by atoms with E-state index in [1.54, 1.807) is 0 Å². The van der Waals surface area contributed by atoms with Gasteiger partial charge in [0.15, 0.2) is 0 Å². The second kappa shape index (κ2) is 11.1. The number of rotatable bonds is 12. The highest BCUT2D eigenvalue weighted by Gasteiger charge is 2.42. The highest BCUT2D eigenvalue weighted by Crippen LogP contribution is 2.37. The Morgan fingerprint density at radius 1 is 1.00 bits per heavy atom. The molecule has 0 aliphatic carbocycles. The highest BCUT2D eigenvalue weighted by atomic mass is 32.1. The first-order valence-corrected chi connectivity index (χ1v) is 9.32. The van der Waals surface area contributed by atoms with Crippen molar-refractivity contribution in [1.29, 1.82) is 0 Å². The largest absolute Gasteiger partial charge is 0.480 e. The van der Waals surface area contributed by atoms with Gasteiger partial charge in [0.05, 0.1) is 12.8 Å². The van der Waals surface area contributed by atoms with E-state index in [0.717, 1.165) is 0 Å². The van der Waals surface area contributed by atoms with Crippen LogP contribution in [0.3, 0.4) is 0 Å². The third kappa shape index (κ3) is 8.53. The molecule has 0 aromatic heterocycles. The van der Waals surface area contributed by atoms with Crippen LogP contribution in [0, 0.1) is 5.41 Å². The number of carbonyl (C=O) groups excluding carboxylic acids is 2. The summed E-state index contributed by atoms with van der Waals surface area (Å²) in [6, 6.07) is 0. The van der Waals surface area contributed by atoms with Gasteiger partial charge < -0.3 is 14.6 Å². The Morgan fingerprint density at radius 3 is 1.71 bits per heavy atom. The summed E-state index contributed by atoms with van der Waals surface area (Å²) < 4.78 is 9.13. The molecule has 0 bridgehead atoms. The maximum atomic E-state index is 11.6. The molecule has 0 spiro atoms. The van der Waals surface area contributed by atoms with Crippen molar-refractivity contribution in [2.24, 2.45) is 5.41 Å². The second-order valence-corrected chi connectivity index (χ2v) is 7.76. The van der Waals surface area contributed by atoms with E-state index in [1.807, 2.05) is 6.92 Å². The van der Waals surface area contributed by atoms with Gasteiger partial charge in [0.1, 0.15) is 18.0 Å². The summed E-state index contributed by atoms with van der Waals surface area (Å²) in [6.45, 7) is 3.19. The van der Waals surface area contributed by atoms with E-state index in [-0.39, 0.29) is 32.5 Å². The molecule has 0 fully saturated rings. The van der Waals surface area contributed by atoms with Crippen LogP contribution in [0.15, 0.2) is 0 Å². The van der Waals surface area contributed by atoms with Crippen LogP contribution in [-0.2, 0) is 23.9 Å². The van der Waals surface area contributed by atoms with E-state index in [1.165, 1.54) is 6.92 Å². The van der Waals surface area contributed by atoms with Crippen molar-refractivity contribution < 1.29 is 29.0 Å². The first kappa shape index (κ1) is 23.5. The maximum Gasteiger partial charge on any atom is 0.319 e. The van der Waals surface area contributed by atoms with Crippen LogP contribution in [-0.4, -0.2) is 52.5 Å². The van der Waals surface area contributed by atoms with Gasteiger partial charge in [-0.1, -0.05) is 6.92 Å². The van der Waals surface area contributed by atoms with Gasteiger partial charge in [-0.15, -0.1) is 0 Å². The molecule has 0 aliphatic rings. The first-order chi connectivity index (χ1) is 11.1. The molecule has 6 nitrogen and oxygen atoms in total. The first-order valence-electron chi connectivity index (χ1n) is 7.61. The van der Waals surface area contributed by atoms with E-state index in [9.17, 15) is 19.5 Å². The minimum Gasteiger partial charge on any atom is -0.480 e. The maximum absolute atomic E-state index is 11.6. The summed E-state index contributed by atoms with van der Waals surface area (Å²) in [6.07, 6.45) is 0.842. The van der Waals surface area contributed by atoms with Crippen molar-refractivity contribution in [3.63, 3.8) is 0 Å². The Hall–Kier alpha value is -0.540. The lowest BCUT2D eigenvalue weighted by molar-refractivity contribution is -0.155. The normalized spacial score (nSPS) is 13.9. The molecule has 0 heterocycles. The number of carbonyl (C=O) groups is 3. The third-order valence-electron chi connectivity index (χ3n) is 3.64. The number of thiol groups is 3. The molecule has 24 heavy (non-hydrogen) atoms. The fourth-order valence-electron chi connectivity index (χ4n) is 2.07. The number of aliphatic carboxylic acids is 1. The fourth-order valence-corrected chi connectivity index (χ4v) is 2.77. The van der Waals surface area contributed by atoms with Gasteiger partial charge in [0.2, 0.25) is 0 Å². The highest BCUT2D eigenvalue weighted by molar-refractivity contribution is 7.82. The topological polar surface area (TPSA) is 89.9 Å². The number of hydrogen-bond donors (Lipinski definition) is 4. The van der Waals surface area contributed by atoms with Gasteiger partial charge in [0, 0.05) is 16.9 Å². The average Bonchev–Trinajstić information content (AvgIpc) is 2.50. The van der Waals surface area contributed by atoms with Crippen LogP contribution < -0.4 is 0 Å². The minimum absolute atomic E-state index is 0.0479. The van der Waals surface area contributed by atoms with Gasteiger partial charge in [0.25, 0.3) is 0 Å². The fraction of sp³-hybridized carbons (Fsp3) is 0.800. The Labute approximate surface area is 159 Å². The zero-order valence-corrected chi connectivity index (χ0v) is 16.7.